The summed E-state index contributed by atoms with van der Waals surface area (Å²) >= 11 is 1.57. The third-order valence-electron chi connectivity index (χ3n) is 3.64. The Hall–Kier alpha value is -3.16. The summed E-state index contributed by atoms with van der Waals surface area (Å²) < 4.78 is 0. The van der Waals surface area contributed by atoms with Crippen LogP contribution in [0.25, 0.3) is 11.6 Å². The molecular weight excluding hydrogens is 316 g/mol. The molecule has 114 valence electrons. The number of benzene rings is 1. The van der Waals surface area contributed by atoms with Gasteiger partial charge in [-0.2, -0.15) is 0 Å². The standard InChI is InChI=1S/C20H12N2OS/c23-20-17(18-12-21-9-8-19(18)22-20)11-16-10-15(13-24-16)7-6-14-4-2-1-3-5-14/h1-5,8-13H,(H,22,23). The molecule has 3 nitrogen and oxygen atoms in total. The summed E-state index contributed by atoms with van der Waals surface area (Å²) in [6.45, 7) is 0. The van der Waals surface area contributed by atoms with E-state index in [2.05, 4.69) is 22.1 Å². The molecule has 0 saturated carbocycles. The van der Waals surface area contributed by atoms with Gasteiger partial charge in [0.05, 0.1) is 11.3 Å². The van der Waals surface area contributed by atoms with Crippen LogP contribution >= 0.6 is 11.3 Å². The van der Waals surface area contributed by atoms with E-state index in [1.165, 1.54) is 0 Å². The number of pyridine rings is 1. The lowest BCUT2D eigenvalue weighted by atomic mass is 10.1. The average molecular weight is 328 g/mol. The minimum Gasteiger partial charge on any atom is -0.321 e. The zero-order valence-electron chi connectivity index (χ0n) is 12.6. The van der Waals surface area contributed by atoms with E-state index in [4.69, 9.17) is 0 Å². The zero-order chi connectivity index (χ0) is 16.4. The summed E-state index contributed by atoms with van der Waals surface area (Å²) in [6, 6.07) is 13.7. The fourth-order valence-electron chi connectivity index (χ4n) is 2.48. The predicted molar refractivity (Wildman–Crippen MR) is 97.5 cm³/mol. The van der Waals surface area contributed by atoms with Gasteiger partial charge in [-0.15, -0.1) is 11.3 Å². The van der Waals surface area contributed by atoms with Gasteiger partial charge in [0.25, 0.3) is 5.91 Å². The van der Waals surface area contributed by atoms with E-state index in [9.17, 15) is 4.79 Å². The maximum Gasteiger partial charge on any atom is 0.256 e. The second-order valence-corrected chi connectivity index (χ2v) is 6.23. The van der Waals surface area contributed by atoms with Crippen LogP contribution in [0.15, 0.2) is 60.2 Å². The van der Waals surface area contributed by atoms with Gasteiger partial charge < -0.3 is 5.32 Å². The van der Waals surface area contributed by atoms with Crippen molar-refractivity contribution in [3.8, 4) is 11.8 Å². The molecule has 0 bridgehead atoms. The van der Waals surface area contributed by atoms with Crippen LogP contribution in [0.2, 0.25) is 0 Å². The van der Waals surface area contributed by atoms with Gasteiger partial charge in [0.2, 0.25) is 0 Å². The molecule has 0 unspecified atom stereocenters. The zero-order valence-corrected chi connectivity index (χ0v) is 13.4. The Labute approximate surface area is 143 Å². The second-order valence-electron chi connectivity index (χ2n) is 5.29. The Morgan fingerprint density at radius 3 is 2.79 bits per heavy atom. The van der Waals surface area contributed by atoms with Gasteiger partial charge in [-0.25, -0.2) is 0 Å². The molecule has 1 amide bonds. The van der Waals surface area contributed by atoms with E-state index >= 15 is 0 Å². The van der Waals surface area contributed by atoms with Crippen molar-refractivity contribution in [2.45, 2.75) is 0 Å². The number of hydrogen-bond donors (Lipinski definition) is 1. The highest BCUT2D eigenvalue weighted by atomic mass is 32.1. The van der Waals surface area contributed by atoms with Crippen molar-refractivity contribution in [3.05, 3.63) is 81.8 Å². The van der Waals surface area contributed by atoms with Crippen LogP contribution in [0.3, 0.4) is 0 Å². The van der Waals surface area contributed by atoms with Crippen molar-refractivity contribution in [1.82, 2.24) is 4.98 Å². The Morgan fingerprint density at radius 2 is 1.92 bits per heavy atom. The smallest absolute Gasteiger partial charge is 0.256 e. The summed E-state index contributed by atoms with van der Waals surface area (Å²) in [5.41, 5.74) is 4.22. The van der Waals surface area contributed by atoms with Crippen LogP contribution in [0.4, 0.5) is 5.69 Å². The highest BCUT2D eigenvalue weighted by Gasteiger charge is 2.23. The first kappa shape index (κ1) is 14.4. The van der Waals surface area contributed by atoms with Gasteiger partial charge in [-0.1, -0.05) is 30.0 Å². The molecule has 1 aliphatic heterocycles. The third-order valence-corrected chi connectivity index (χ3v) is 4.52. The lowest BCUT2D eigenvalue weighted by Crippen LogP contribution is -2.03. The fourth-order valence-corrected chi connectivity index (χ4v) is 3.25. The summed E-state index contributed by atoms with van der Waals surface area (Å²) in [5, 5.41) is 4.85. The van der Waals surface area contributed by atoms with Crippen molar-refractivity contribution in [3.63, 3.8) is 0 Å². The number of amides is 1. The quantitative estimate of drug-likeness (QED) is 0.541. The molecule has 4 rings (SSSR count). The molecule has 24 heavy (non-hydrogen) atoms. The maximum atomic E-state index is 12.1. The largest absolute Gasteiger partial charge is 0.321 e. The van der Waals surface area contributed by atoms with Crippen LogP contribution < -0.4 is 5.32 Å². The molecule has 0 spiro atoms. The van der Waals surface area contributed by atoms with E-state index in [-0.39, 0.29) is 5.91 Å². The molecule has 0 saturated heterocycles. The molecule has 3 aromatic rings. The minimum atomic E-state index is -0.0941. The summed E-state index contributed by atoms with van der Waals surface area (Å²) in [6.07, 6.45) is 5.27. The van der Waals surface area contributed by atoms with Gasteiger partial charge in [-0.3, -0.25) is 9.78 Å². The summed E-state index contributed by atoms with van der Waals surface area (Å²) in [4.78, 5) is 17.2. The SMILES string of the molecule is O=C1Nc2ccncc2C1=Cc1cc(C#Cc2ccccc2)cs1. The van der Waals surface area contributed by atoms with Crippen molar-refractivity contribution in [1.29, 1.82) is 0 Å². The number of anilines is 1. The van der Waals surface area contributed by atoms with Crippen LogP contribution in [0.1, 0.15) is 21.6 Å². The first-order valence-electron chi connectivity index (χ1n) is 7.43. The van der Waals surface area contributed by atoms with Gasteiger partial charge in [-0.05, 0) is 30.3 Å². The first-order chi connectivity index (χ1) is 11.8. The Bertz CT molecular complexity index is 1010. The highest BCUT2D eigenvalue weighted by molar-refractivity contribution is 7.11. The maximum absolute atomic E-state index is 12.1. The van der Waals surface area contributed by atoms with E-state index in [1.54, 1.807) is 29.8 Å². The topological polar surface area (TPSA) is 42.0 Å². The molecule has 1 aliphatic rings. The van der Waals surface area contributed by atoms with Crippen molar-refractivity contribution in [2.75, 3.05) is 5.32 Å². The molecule has 4 heteroatoms. The van der Waals surface area contributed by atoms with Gasteiger partial charge in [0.15, 0.2) is 0 Å². The lowest BCUT2D eigenvalue weighted by molar-refractivity contribution is -0.110. The van der Waals surface area contributed by atoms with Crippen molar-refractivity contribution < 1.29 is 4.79 Å². The third kappa shape index (κ3) is 2.85. The number of fused-ring (bicyclic) bond motifs is 1. The monoisotopic (exact) mass is 328 g/mol. The number of nitrogens with zero attached hydrogens (tertiary/aromatic N) is 1. The number of carbonyl (C=O) groups excluding carboxylic acids is 1. The van der Waals surface area contributed by atoms with Crippen molar-refractivity contribution >= 4 is 34.6 Å². The van der Waals surface area contributed by atoms with Crippen LogP contribution in [-0.2, 0) is 4.79 Å². The number of carbonyl (C=O) groups is 1. The lowest BCUT2D eigenvalue weighted by Gasteiger charge is -1.95. The number of rotatable bonds is 1. The number of hydrogen-bond acceptors (Lipinski definition) is 3. The van der Waals surface area contributed by atoms with Gasteiger partial charge in [0.1, 0.15) is 0 Å². The number of nitrogens with one attached hydrogen (secondary N) is 1. The molecule has 0 atom stereocenters. The minimum absolute atomic E-state index is 0.0941. The predicted octanol–water partition coefficient (Wildman–Crippen LogP) is 4.04. The molecule has 1 aromatic carbocycles. The molecule has 0 aliphatic carbocycles. The van der Waals surface area contributed by atoms with E-state index in [0.717, 1.165) is 27.3 Å². The molecular formula is C20H12N2OS. The summed E-state index contributed by atoms with van der Waals surface area (Å²) in [5.74, 6) is 6.20. The number of aromatic nitrogens is 1. The van der Waals surface area contributed by atoms with Gasteiger partial charge in [0, 0.05) is 39.3 Å². The molecule has 1 N–H and O–H groups in total. The number of thiophene rings is 1. The first-order valence-corrected chi connectivity index (χ1v) is 8.30. The molecule has 3 heterocycles. The molecule has 0 fully saturated rings. The molecule has 2 aromatic heterocycles. The Kier molecular flexibility index (Phi) is 3.70. The second kappa shape index (κ2) is 6.15. The average Bonchev–Trinajstić information content (AvgIpc) is 3.19. The Morgan fingerprint density at radius 1 is 1.08 bits per heavy atom. The van der Waals surface area contributed by atoms with Crippen molar-refractivity contribution in [2.24, 2.45) is 0 Å². The highest BCUT2D eigenvalue weighted by Crippen LogP contribution is 2.32. The van der Waals surface area contributed by atoms with Gasteiger partial charge >= 0.3 is 0 Å². The van der Waals surface area contributed by atoms with Crippen LogP contribution in [-0.4, -0.2) is 10.9 Å². The van der Waals surface area contributed by atoms with E-state index in [1.807, 2.05) is 47.9 Å². The normalized spacial score (nSPS) is 14.0. The molecule has 0 radical (unpaired) electrons. The van der Waals surface area contributed by atoms with Crippen LogP contribution in [0, 0.1) is 11.8 Å². The van der Waals surface area contributed by atoms with Crippen LogP contribution in [0.5, 0.6) is 0 Å². The Balaban J connectivity index is 1.62. The fraction of sp³-hybridized carbons (Fsp3) is 0. The van der Waals surface area contributed by atoms with E-state index < -0.39 is 0 Å². The van der Waals surface area contributed by atoms with E-state index in [0.29, 0.717) is 5.57 Å². The summed E-state index contributed by atoms with van der Waals surface area (Å²) in [7, 11) is 0.